The summed E-state index contributed by atoms with van der Waals surface area (Å²) in [6.45, 7) is 5.63. The lowest BCUT2D eigenvalue weighted by Crippen LogP contribution is -2.09. The lowest BCUT2D eigenvalue weighted by molar-refractivity contribution is -0.134. The summed E-state index contributed by atoms with van der Waals surface area (Å²) in [6, 6.07) is 13.1. The summed E-state index contributed by atoms with van der Waals surface area (Å²) in [6.07, 6.45) is 0.743. The molecule has 0 saturated carbocycles. The summed E-state index contributed by atoms with van der Waals surface area (Å²) in [5, 5.41) is 1.93. The highest BCUT2D eigenvalue weighted by Gasteiger charge is 2.19. The van der Waals surface area contributed by atoms with E-state index in [1.807, 2.05) is 38.1 Å². The fraction of sp³-hybridized carbons (Fsp3) is 0.217. The molecule has 0 fully saturated rings. The number of ether oxygens (including phenoxy) is 1. The van der Waals surface area contributed by atoms with Gasteiger partial charge >= 0.3 is 11.6 Å². The van der Waals surface area contributed by atoms with E-state index >= 15 is 0 Å². The van der Waals surface area contributed by atoms with Gasteiger partial charge in [-0.25, -0.2) is 4.79 Å². The highest BCUT2D eigenvalue weighted by molar-refractivity contribution is 5.89. The van der Waals surface area contributed by atoms with Crippen molar-refractivity contribution in [3.05, 3.63) is 75.3 Å². The van der Waals surface area contributed by atoms with E-state index in [1.165, 1.54) is 6.07 Å². The van der Waals surface area contributed by atoms with Crippen molar-refractivity contribution in [3.8, 4) is 5.75 Å². The summed E-state index contributed by atoms with van der Waals surface area (Å²) in [5.41, 5.74) is 4.74. The van der Waals surface area contributed by atoms with E-state index in [1.54, 1.807) is 13.0 Å². The van der Waals surface area contributed by atoms with Gasteiger partial charge < -0.3 is 14.1 Å². The number of esters is 1. The molecule has 28 heavy (non-hydrogen) atoms. The van der Waals surface area contributed by atoms with Crippen LogP contribution in [0.15, 0.2) is 51.7 Å². The number of aromatic nitrogens is 1. The Kier molecular flexibility index (Phi) is 4.51. The molecule has 0 spiro atoms. The van der Waals surface area contributed by atoms with Crippen molar-refractivity contribution in [3.63, 3.8) is 0 Å². The van der Waals surface area contributed by atoms with Gasteiger partial charge in [-0.05, 0) is 43.2 Å². The first-order valence-corrected chi connectivity index (χ1v) is 9.31. The summed E-state index contributed by atoms with van der Waals surface area (Å²) < 4.78 is 11.1. The largest absolute Gasteiger partial charge is 0.426 e. The van der Waals surface area contributed by atoms with Crippen molar-refractivity contribution in [1.29, 1.82) is 0 Å². The Labute approximate surface area is 161 Å². The van der Waals surface area contributed by atoms with Crippen LogP contribution in [0.1, 0.15) is 35.7 Å². The van der Waals surface area contributed by atoms with Gasteiger partial charge in [0.05, 0.1) is 0 Å². The maximum absolute atomic E-state index is 12.0. The van der Waals surface area contributed by atoms with Crippen LogP contribution in [0.25, 0.3) is 21.9 Å². The van der Waals surface area contributed by atoms with Crippen LogP contribution < -0.4 is 10.4 Å². The van der Waals surface area contributed by atoms with Crippen molar-refractivity contribution < 1.29 is 13.9 Å². The molecular formula is C23H21NO4. The summed E-state index contributed by atoms with van der Waals surface area (Å²) in [4.78, 5) is 27.4. The summed E-state index contributed by atoms with van der Waals surface area (Å²) in [7, 11) is 0. The SMILES string of the molecule is CCC(=O)Oc1ccc2c(C)cc(=O)oc2c1Cc1c(C)[nH]c2ccccc12. The molecule has 1 N–H and O–H groups in total. The predicted octanol–water partition coefficient (Wildman–Crippen LogP) is 4.80. The molecule has 2 aromatic heterocycles. The van der Waals surface area contributed by atoms with Crippen LogP contribution in [0.3, 0.4) is 0 Å². The van der Waals surface area contributed by atoms with Crippen LogP contribution in [0.4, 0.5) is 0 Å². The van der Waals surface area contributed by atoms with Crippen molar-refractivity contribution in [1.82, 2.24) is 4.98 Å². The van der Waals surface area contributed by atoms with Crippen molar-refractivity contribution in [2.24, 2.45) is 0 Å². The van der Waals surface area contributed by atoms with E-state index in [-0.39, 0.29) is 12.4 Å². The first kappa shape index (κ1) is 18.0. The molecule has 0 amide bonds. The average molecular weight is 375 g/mol. The maximum Gasteiger partial charge on any atom is 0.336 e. The standard InChI is InChI=1S/C23H21NO4/c1-4-21(25)27-20-10-9-15-13(2)11-22(26)28-23(15)18(20)12-17-14(3)24-19-8-6-5-7-16(17)19/h5-11,24H,4,12H2,1-3H3. The van der Waals surface area contributed by atoms with Gasteiger partial charge in [-0.3, -0.25) is 4.79 Å². The van der Waals surface area contributed by atoms with Crippen LogP contribution in [-0.2, 0) is 11.2 Å². The molecule has 0 unspecified atom stereocenters. The number of aryl methyl sites for hydroxylation is 2. The third kappa shape index (κ3) is 3.09. The monoisotopic (exact) mass is 375 g/mol. The summed E-state index contributed by atoms with van der Waals surface area (Å²) >= 11 is 0. The minimum Gasteiger partial charge on any atom is -0.426 e. The topological polar surface area (TPSA) is 72.3 Å². The number of carbonyl (C=O) groups is 1. The number of para-hydroxylation sites is 1. The third-order valence-corrected chi connectivity index (χ3v) is 5.07. The molecule has 0 aliphatic rings. The molecule has 0 atom stereocenters. The number of nitrogens with one attached hydrogen (secondary N) is 1. The number of carbonyl (C=O) groups excluding carboxylic acids is 1. The van der Waals surface area contributed by atoms with Gasteiger partial charge in [0.15, 0.2) is 0 Å². The van der Waals surface area contributed by atoms with E-state index in [0.29, 0.717) is 23.3 Å². The second-order valence-electron chi connectivity index (χ2n) is 6.95. The van der Waals surface area contributed by atoms with Crippen LogP contribution in [0.2, 0.25) is 0 Å². The van der Waals surface area contributed by atoms with Crippen molar-refractivity contribution in [2.75, 3.05) is 0 Å². The summed E-state index contributed by atoms with van der Waals surface area (Å²) in [5.74, 6) is 0.101. The van der Waals surface area contributed by atoms with Gasteiger partial charge in [0.1, 0.15) is 11.3 Å². The van der Waals surface area contributed by atoms with Gasteiger partial charge in [0.2, 0.25) is 0 Å². The fourth-order valence-electron chi connectivity index (χ4n) is 3.62. The quantitative estimate of drug-likeness (QED) is 0.316. The molecule has 0 aliphatic heterocycles. The number of hydrogen-bond donors (Lipinski definition) is 1. The highest BCUT2D eigenvalue weighted by Crippen LogP contribution is 2.34. The highest BCUT2D eigenvalue weighted by atomic mass is 16.5. The zero-order valence-electron chi connectivity index (χ0n) is 16.1. The van der Waals surface area contributed by atoms with E-state index in [2.05, 4.69) is 11.1 Å². The van der Waals surface area contributed by atoms with Crippen molar-refractivity contribution in [2.45, 2.75) is 33.6 Å². The van der Waals surface area contributed by atoms with E-state index < -0.39 is 5.63 Å². The molecule has 0 bridgehead atoms. The molecule has 4 aromatic rings. The van der Waals surface area contributed by atoms with Gasteiger partial charge in [-0.1, -0.05) is 25.1 Å². The van der Waals surface area contributed by atoms with Gasteiger partial charge in [-0.15, -0.1) is 0 Å². The molecule has 2 heterocycles. The normalized spacial score (nSPS) is 11.2. The van der Waals surface area contributed by atoms with Crippen LogP contribution >= 0.6 is 0 Å². The second-order valence-corrected chi connectivity index (χ2v) is 6.95. The number of aromatic amines is 1. The number of hydrogen-bond acceptors (Lipinski definition) is 4. The zero-order chi connectivity index (χ0) is 19.8. The fourth-order valence-corrected chi connectivity index (χ4v) is 3.62. The zero-order valence-corrected chi connectivity index (χ0v) is 16.1. The Morgan fingerprint density at radius 3 is 2.64 bits per heavy atom. The molecule has 4 rings (SSSR count). The van der Waals surface area contributed by atoms with E-state index in [0.717, 1.165) is 33.1 Å². The molecule has 0 saturated heterocycles. The molecule has 0 aliphatic carbocycles. The Balaban J connectivity index is 1.96. The lowest BCUT2D eigenvalue weighted by atomic mass is 9.98. The molecule has 0 radical (unpaired) electrons. The van der Waals surface area contributed by atoms with Crippen LogP contribution in [0, 0.1) is 13.8 Å². The minimum atomic E-state index is -0.416. The lowest BCUT2D eigenvalue weighted by Gasteiger charge is -2.13. The van der Waals surface area contributed by atoms with Gasteiger partial charge in [-0.2, -0.15) is 0 Å². The minimum absolute atomic E-state index is 0.265. The van der Waals surface area contributed by atoms with Gasteiger partial charge in [0.25, 0.3) is 0 Å². The molecule has 5 nitrogen and oxygen atoms in total. The first-order valence-electron chi connectivity index (χ1n) is 9.31. The van der Waals surface area contributed by atoms with Gasteiger partial charge in [0, 0.05) is 46.5 Å². The van der Waals surface area contributed by atoms with E-state index in [9.17, 15) is 9.59 Å². The molecule has 142 valence electrons. The smallest absolute Gasteiger partial charge is 0.336 e. The maximum atomic E-state index is 12.0. The first-order chi connectivity index (χ1) is 13.5. The molecule has 2 aromatic carbocycles. The number of benzene rings is 2. The van der Waals surface area contributed by atoms with Crippen LogP contribution in [0.5, 0.6) is 5.75 Å². The third-order valence-electron chi connectivity index (χ3n) is 5.07. The predicted molar refractivity (Wildman–Crippen MR) is 109 cm³/mol. The van der Waals surface area contributed by atoms with Crippen molar-refractivity contribution >= 4 is 27.8 Å². The Morgan fingerprint density at radius 2 is 1.86 bits per heavy atom. The van der Waals surface area contributed by atoms with E-state index in [4.69, 9.17) is 9.15 Å². The Bertz CT molecular complexity index is 1260. The van der Waals surface area contributed by atoms with Crippen LogP contribution in [-0.4, -0.2) is 11.0 Å². The number of H-pyrrole nitrogens is 1. The number of fused-ring (bicyclic) bond motifs is 2. The Morgan fingerprint density at radius 1 is 1.07 bits per heavy atom. The molecular weight excluding hydrogens is 354 g/mol. The second kappa shape index (κ2) is 7.00. The molecule has 5 heteroatoms. The average Bonchev–Trinajstić information content (AvgIpc) is 2.98. The number of rotatable bonds is 4. The Hall–Kier alpha value is -3.34.